The molecule has 12 aromatic carbocycles. The zero-order valence-corrected chi connectivity index (χ0v) is 51.5. The molecule has 2 heteroatoms. The summed E-state index contributed by atoms with van der Waals surface area (Å²) in [6.45, 7) is 32.5. The highest BCUT2D eigenvalue weighted by molar-refractivity contribution is 6.28. The van der Waals surface area contributed by atoms with Crippen LogP contribution in [0.4, 0.5) is 34.1 Å². The molecule has 0 spiro atoms. The summed E-state index contributed by atoms with van der Waals surface area (Å²) in [4.78, 5) is 5.20. The third-order valence-corrected chi connectivity index (χ3v) is 19.5. The molecule has 0 atom stereocenters. The van der Waals surface area contributed by atoms with Crippen LogP contribution in [0.15, 0.2) is 206 Å². The molecule has 0 amide bonds. The zero-order chi connectivity index (χ0) is 58.5. The van der Waals surface area contributed by atoms with Crippen LogP contribution in [0.3, 0.4) is 0 Å². The van der Waals surface area contributed by atoms with Crippen LogP contribution in [0.25, 0.3) is 76.8 Å². The van der Waals surface area contributed by atoms with E-state index < -0.39 is 0 Å². The molecule has 0 unspecified atom stereocenters. The molecule has 0 radical (unpaired) electrons. The van der Waals surface area contributed by atoms with Crippen molar-refractivity contribution >= 4 is 66.4 Å². The van der Waals surface area contributed by atoms with Crippen molar-refractivity contribution in [2.45, 2.75) is 119 Å². The fourth-order valence-electron chi connectivity index (χ4n) is 14.5. The summed E-state index contributed by atoms with van der Waals surface area (Å²) in [7, 11) is 0. The molecule has 0 heterocycles. The normalized spacial score (nSPS) is 14.0. The average molecular weight is 1090 g/mol. The number of nitrogens with zero attached hydrogens (tertiary/aromatic N) is 2. The molecule has 0 bridgehead atoms. The first kappa shape index (κ1) is 53.3. The van der Waals surface area contributed by atoms with Crippen molar-refractivity contribution in [3.63, 3.8) is 0 Å². The molecular formula is C82H76N2. The molecule has 2 aliphatic carbocycles. The Kier molecular flexibility index (Phi) is 12.0. The minimum Gasteiger partial charge on any atom is -0.309 e. The van der Waals surface area contributed by atoms with E-state index in [4.69, 9.17) is 0 Å². The predicted molar refractivity (Wildman–Crippen MR) is 362 cm³/mol. The second kappa shape index (κ2) is 18.9. The molecule has 2 nitrogen and oxygen atoms in total. The van der Waals surface area contributed by atoms with E-state index in [2.05, 4.69) is 313 Å². The summed E-state index contributed by atoms with van der Waals surface area (Å²) < 4.78 is 0. The van der Waals surface area contributed by atoms with Crippen molar-refractivity contribution in [2.24, 2.45) is 0 Å². The standard InChI is InChI=1S/C82H76N2/c1-49-23-25-57(53-27-35-59(36-28-53)79(5,6)7)45-73(49)83(75-47-65-61-19-15-17-21-67(61)81(11,12)69(65)43-51(75)3)71-41-33-55-32-40-64-72(42-34-56-31-39-63(71)77(55)78(56)64)84(74-46-58(26-24-50(74)2)54-29-37-60(38-30-54)80(8,9)10)76-48-66-62-20-16-18-22-68(62)82(13,14)70(66)44-52(76)4/h15-48H,1-14H3. The Morgan fingerprint density at radius 2 is 0.631 bits per heavy atom. The van der Waals surface area contributed by atoms with Crippen molar-refractivity contribution in [2.75, 3.05) is 9.80 Å². The Balaban J connectivity index is 1.01. The van der Waals surface area contributed by atoms with Gasteiger partial charge in [-0.2, -0.15) is 0 Å². The van der Waals surface area contributed by atoms with Gasteiger partial charge in [0.1, 0.15) is 0 Å². The fourth-order valence-corrected chi connectivity index (χ4v) is 14.5. The lowest BCUT2D eigenvalue weighted by atomic mass is 9.82. The second-order valence-corrected chi connectivity index (χ2v) is 27.6. The number of benzene rings is 12. The molecular weight excluding hydrogens is 1010 g/mol. The van der Waals surface area contributed by atoms with Gasteiger partial charge in [-0.25, -0.2) is 0 Å². The van der Waals surface area contributed by atoms with Gasteiger partial charge in [-0.1, -0.05) is 239 Å². The number of aryl methyl sites for hydroxylation is 4. The highest BCUT2D eigenvalue weighted by Gasteiger charge is 2.39. The lowest BCUT2D eigenvalue weighted by Gasteiger charge is -2.33. The number of anilines is 6. The van der Waals surface area contributed by atoms with Gasteiger partial charge in [-0.15, -0.1) is 0 Å². The van der Waals surface area contributed by atoms with Crippen LogP contribution in [0.2, 0.25) is 0 Å². The van der Waals surface area contributed by atoms with Crippen LogP contribution in [-0.4, -0.2) is 0 Å². The lowest BCUT2D eigenvalue weighted by molar-refractivity contribution is 0.590. The predicted octanol–water partition coefficient (Wildman–Crippen LogP) is 23.3. The summed E-state index contributed by atoms with van der Waals surface area (Å²) >= 11 is 0. The van der Waals surface area contributed by atoms with E-state index in [1.807, 2.05) is 0 Å². The molecule has 0 N–H and O–H groups in total. The second-order valence-electron chi connectivity index (χ2n) is 27.6. The molecule has 0 fully saturated rings. The first-order chi connectivity index (χ1) is 40.1. The Morgan fingerprint density at radius 1 is 0.286 bits per heavy atom. The van der Waals surface area contributed by atoms with Crippen molar-refractivity contribution in [1.82, 2.24) is 0 Å². The molecule has 0 saturated heterocycles. The molecule has 0 aromatic heterocycles. The summed E-state index contributed by atoms with van der Waals surface area (Å²) in [6, 6.07) is 79.7. The average Bonchev–Trinajstić information content (AvgIpc) is 1.55. The van der Waals surface area contributed by atoms with E-state index in [9.17, 15) is 0 Å². The van der Waals surface area contributed by atoms with Crippen LogP contribution in [-0.2, 0) is 21.7 Å². The summed E-state index contributed by atoms with van der Waals surface area (Å²) in [6.07, 6.45) is 0. The summed E-state index contributed by atoms with van der Waals surface area (Å²) in [5.74, 6) is 0. The number of hydrogen-bond acceptors (Lipinski definition) is 2. The van der Waals surface area contributed by atoms with Gasteiger partial charge in [-0.3, -0.25) is 0 Å². The van der Waals surface area contributed by atoms with E-state index in [0.29, 0.717) is 0 Å². The van der Waals surface area contributed by atoms with Crippen molar-refractivity contribution in [3.8, 4) is 44.5 Å². The Hall–Kier alpha value is -8.72. The molecule has 0 aliphatic heterocycles. The maximum absolute atomic E-state index is 2.60. The smallest absolute Gasteiger partial charge is 0.0540 e. The largest absolute Gasteiger partial charge is 0.309 e. The Bertz CT molecular complexity index is 4350. The third-order valence-electron chi connectivity index (χ3n) is 19.5. The van der Waals surface area contributed by atoms with Gasteiger partial charge in [0.25, 0.3) is 0 Å². The van der Waals surface area contributed by atoms with Gasteiger partial charge < -0.3 is 9.80 Å². The van der Waals surface area contributed by atoms with Crippen LogP contribution >= 0.6 is 0 Å². The minimum absolute atomic E-state index is 0.0639. The fraction of sp³-hybridized carbons (Fsp3) is 0.220. The Labute approximate surface area is 498 Å². The van der Waals surface area contributed by atoms with E-state index in [-0.39, 0.29) is 21.7 Å². The highest BCUT2D eigenvalue weighted by atomic mass is 15.2. The first-order valence-electron chi connectivity index (χ1n) is 30.3. The van der Waals surface area contributed by atoms with Crippen molar-refractivity contribution < 1.29 is 0 Å². The summed E-state index contributed by atoms with van der Waals surface area (Å²) in [5.41, 5.74) is 30.1. The van der Waals surface area contributed by atoms with Crippen LogP contribution in [0, 0.1) is 27.7 Å². The van der Waals surface area contributed by atoms with E-state index in [1.54, 1.807) is 0 Å². The van der Waals surface area contributed by atoms with Crippen molar-refractivity contribution in [1.29, 1.82) is 0 Å². The number of hydrogen-bond donors (Lipinski definition) is 0. The van der Waals surface area contributed by atoms with E-state index >= 15 is 0 Å². The SMILES string of the molecule is Cc1ccc(-c2ccc(C(C)(C)C)cc2)cc1N(c1cc2c(cc1C)C(C)(C)c1ccccc1-2)c1ccc2ccc3c(N(c4cc(-c5ccc(C(C)(C)C)cc5)ccc4C)c4cc5c(cc4C)C(C)(C)c4ccccc4-5)ccc4ccc1c2c43. The minimum atomic E-state index is -0.120. The number of rotatable bonds is 8. The molecule has 0 saturated carbocycles. The van der Waals surface area contributed by atoms with Crippen LogP contribution in [0.5, 0.6) is 0 Å². The highest BCUT2D eigenvalue weighted by Crippen LogP contribution is 2.56. The van der Waals surface area contributed by atoms with Gasteiger partial charge in [0.15, 0.2) is 0 Å². The molecule has 14 rings (SSSR count). The zero-order valence-electron chi connectivity index (χ0n) is 51.5. The maximum Gasteiger partial charge on any atom is 0.0540 e. The van der Waals surface area contributed by atoms with Gasteiger partial charge in [0.2, 0.25) is 0 Å². The third kappa shape index (κ3) is 8.26. The first-order valence-corrected chi connectivity index (χ1v) is 30.3. The molecule has 12 aromatic rings. The van der Waals surface area contributed by atoms with Crippen LogP contribution < -0.4 is 9.80 Å². The van der Waals surface area contributed by atoms with Gasteiger partial charge in [0.05, 0.1) is 11.4 Å². The van der Waals surface area contributed by atoms with Gasteiger partial charge in [-0.05, 0) is 197 Å². The monoisotopic (exact) mass is 1090 g/mol. The Morgan fingerprint density at radius 3 is 1.01 bits per heavy atom. The van der Waals surface area contributed by atoms with E-state index in [0.717, 1.165) is 11.4 Å². The molecule has 2 aliphatic rings. The maximum atomic E-state index is 2.60. The summed E-state index contributed by atoms with van der Waals surface area (Å²) in [5, 5.41) is 7.45. The van der Waals surface area contributed by atoms with Gasteiger partial charge in [0, 0.05) is 44.4 Å². The van der Waals surface area contributed by atoms with Crippen molar-refractivity contribution in [3.05, 3.63) is 262 Å². The lowest BCUT2D eigenvalue weighted by Crippen LogP contribution is -2.17. The molecule has 414 valence electrons. The van der Waals surface area contributed by atoms with Crippen LogP contribution in [0.1, 0.15) is 125 Å². The quantitative estimate of drug-likeness (QED) is 0.140. The van der Waals surface area contributed by atoms with Gasteiger partial charge >= 0.3 is 0 Å². The topological polar surface area (TPSA) is 6.48 Å². The number of fused-ring (bicyclic) bond motifs is 6. The van der Waals surface area contributed by atoms with E-state index in [1.165, 1.54) is 155 Å². The molecule has 84 heavy (non-hydrogen) atoms.